The van der Waals surface area contributed by atoms with Crippen molar-refractivity contribution in [3.63, 3.8) is 0 Å². The molecule has 0 spiro atoms. The molecule has 2 heterocycles. The van der Waals surface area contributed by atoms with Gasteiger partial charge in [-0.2, -0.15) is 0 Å². The van der Waals surface area contributed by atoms with Crippen molar-refractivity contribution in [2.75, 3.05) is 66.5 Å². The van der Waals surface area contributed by atoms with Gasteiger partial charge in [0.25, 0.3) is 0 Å². The van der Waals surface area contributed by atoms with Crippen LogP contribution in [0.3, 0.4) is 0 Å². The Balaban J connectivity index is 0.000000260. The highest BCUT2D eigenvalue weighted by Gasteiger charge is 2.29. The Kier molecular flexibility index (Phi) is 8.08. The van der Waals surface area contributed by atoms with Crippen LogP contribution in [0.1, 0.15) is 41.5 Å². The van der Waals surface area contributed by atoms with Gasteiger partial charge >= 0.3 is 0 Å². The first kappa shape index (κ1) is 22.9. The molecule has 0 saturated carbocycles. The minimum atomic E-state index is -0.226. The van der Waals surface area contributed by atoms with Crippen molar-refractivity contribution in [2.45, 2.75) is 41.5 Å². The molecule has 0 radical (unpaired) electrons. The van der Waals surface area contributed by atoms with E-state index in [1.165, 1.54) is 0 Å². The molecule has 2 fully saturated rings. The van der Waals surface area contributed by atoms with Crippen LogP contribution in [-0.4, -0.2) is 97.9 Å². The lowest BCUT2D eigenvalue weighted by Crippen LogP contribution is -2.50. The summed E-state index contributed by atoms with van der Waals surface area (Å²) in [4.78, 5) is 32.1. The fourth-order valence-corrected chi connectivity index (χ4v) is 2.97. The Morgan fingerprint density at radius 2 is 0.769 bits per heavy atom. The molecule has 0 aromatic carbocycles. The largest absolute Gasteiger partial charge is 0.340 e. The summed E-state index contributed by atoms with van der Waals surface area (Å²) in [7, 11) is 4.19. The fraction of sp³-hybridized carbons (Fsp3) is 0.900. The van der Waals surface area contributed by atoms with E-state index in [1.807, 2.05) is 51.3 Å². The number of carbonyl (C=O) groups excluding carboxylic acids is 2. The Hall–Kier alpha value is -1.14. The van der Waals surface area contributed by atoms with Gasteiger partial charge in [0.1, 0.15) is 0 Å². The molecule has 2 saturated heterocycles. The van der Waals surface area contributed by atoms with E-state index in [9.17, 15) is 9.59 Å². The molecule has 152 valence electrons. The Bertz CT molecular complexity index is 419. The van der Waals surface area contributed by atoms with E-state index in [1.54, 1.807) is 0 Å². The first-order valence-electron chi connectivity index (χ1n) is 9.78. The molecule has 0 unspecified atom stereocenters. The lowest BCUT2D eigenvalue weighted by Gasteiger charge is -2.36. The maximum atomic E-state index is 11.8. The van der Waals surface area contributed by atoms with Gasteiger partial charge in [-0.3, -0.25) is 9.59 Å². The molecule has 0 atom stereocenters. The summed E-state index contributed by atoms with van der Waals surface area (Å²) in [5.41, 5.74) is -0.453. The van der Waals surface area contributed by atoms with E-state index in [0.717, 1.165) is 52.4 Å². The Labute approximate surface area is 160 Å². The third-order valence-corrected chi connectivity index (χ3v) is 4.86. The van der Waals surface area contributed by atoms with Crippen LogP contribution in [0, 0.1) is 10.8 Å². The third kappa shape index (κ3) is 7.23. The molecule has 26 heavy (non-hydrogen) atoms. The summed E-state index contributed by atoms with van der Waals surface area (Å²) in [6, 6.07) is 0. The zero-order valence-electron chi connectivity index (χ0n) is 18.3. The standard InChI is InChI=1S/2C10H20N2O/c2*1-10(2,3)9(13)12-7-5-11(4)6-8-12/h2*5-8H2,1-4H3. The maximum absolute atomic E-state index is 11.8. The molecule has 0 aliphatic carbocycles. The first-order chi connectivity index (χ1) is 11.8. The Morgan fingerprint density at radius 1 is 0.538 bits per heavy atom. The second-order valence-corrected chi connectivity index (χ2v) is 9.69. The van der Waals surface area contributed by atoms with Gasteiger partial charge in [0.2, 0.25) is 11.8 Å². The summed E-state index contributed by atoms with van der Waals surface area (Å²) in [6.07, 6.45) is 0. The molecule has 2 rings (SSSR count). The third-order valence-electron chi connectivity index (χ3n) is 4.86. The number of nitrogens with zero attached hydrogens (tertiary/aromatic N) is 4. The summed E-state index contributed by atoms with van der Waals surface area (Å²) >= 11 is 0. The summed E-state index contributed by atoms with van der Waals surface area (Å²) in [6.45, 7) is 19.4. The zero-order chi connectivity index (χ0) is 20.1. The van der Waals surface area contributed by atoms with Gasteiger partial charge < -0.3 is 19.6 Å². The van der Waals surface area contributed by atoms with Crippen LogP contribution in [0.4, 0.5) is 0 Å². The van der Waals surface area contributed by atoms with E-state index in [2.05, 4.69) is 23.9 Å². The predicted molar refractivity (Wildman–Crippen MR) is 107 cm³/mol. The number of piperazine rings is 2. The number of carbonyl (C=O) groups is 2. The number of hydrogen-bond acceptors (Lipinski definition) is 4. The highest BCUT2D eigenvalue weighted by Crippen LogP contribution is 2.19. The predicted octanol–water partition coefficient (Wildman–Crippen LogP) is 1.61. The van der Waals surface area contributed by atoms with Crippen molar-refractivity contribution in [1.82, 2.24) is 19.6 Å². The van der Waals surface area contributed by atoms with Crippen molar-refractivity contribution in [2.24, 2.45) is 10.8 Å². The molecule has 2 aliphatic rings. The van der Waals surface area contributed by atoms with Crippen molar-refractivity contribution >= 4 is 11.8 Å². The number of likely N-dealkylation sites (N-methyl/N-ethyl adjacent to an activating group) is 2. The van der Waals surface area contributed by atoms with Gasteiger partial charge in [-0.1, -0.05) is 41.5 Å². The smallest absolute Gasteiger partial charge is 0.228 e. The number of hydrogen-bond donors (Lipinski definition) is 0. The fourth-order valence-electron chi connectivity index (χ4n) is 2.97. The molecule has 0 bridgehead atoms. The first-order valence-corrected chi connectivity index (χ1v) is 9.78. The summed E-state index contributed by atoms with van der Waals surface area (Å²) < 4.78 is 0. The molecular weight excluding hydrogens is 328 g/mol. The highest BCUT2D eigenvalue weighted by atomic mass is 16.2. The van der Waals surface area contributed by atoms with E-state index < -0.39 is 0 Å². The minimum Gasteiger partial charge on any atom is -0.340 e. The van der Waals surface area contributed by atoms with E-state index in [0.29, 0.717) is 0 Å². The molecule has 0 aromatic rings. The van der Waals surface area contributed by atoms with Gasteiger partial charge in [-0.15, -0.1) is 0 Å². The lowest BCUT2D eigenvalue weighted by molar-refractivity contribution is -0.141. The number of rotatable bonds is 0. The topological polar surface area (TPSA) is 47.1 Å². The van der Waals surface area contributed by atoms with E-state index in [-0.39, 0.29) is 22.6 Å². The second kappa shape index (κ2) is 9.18. The van der Waals surface area contributed by atoms with Crippen LogP contribution in [0.5, 0.6) is 0 Å². The van der Waals surface area contributed by atoms with Crippen LogP contribution in [0.2, 0.25) is 0 Å². The van der Waals surface area contributed by atoms with Crippen LogP contribution >= 0.6 is 0 Å². The van der Waals surface area contributed by atoms with Gasteiger partial charge in [0.05, 0.1) is 0 Å². The van der Waals surface area contributed by atoms with Crippen molar-refractivity contribution in [3.05, 3.63) is 0 Å². The second-order valence-electron chi connectivity index (χ2n) is 9.69. The zero-order valence-corrected chi connectivity index (χ0v) is 18.3. The molecular formula is C20H40N4O2. The highest BCUT2D eigenvalue weighted by molar-refractivity contribution is 5.82. The van der Waals surface area contributed by atoms with Crippen LogP contribution < -0.4 is 0 Å². The average molecular weight is 369 g/mol. The van der Waals surface area contributed by atoms with Crippen LogP contribution in [-0.2, 0) is 9.59 Å². The van der Waals surface area contributed by atoms with Crippen LogP contribution in [0.15, 0.2) is 0 Å². The van der Waals surface area contributed by atoms with E-state index >= 15 is 0 Å². The molecule has 0 aromatic heterocycles. The molecule has 0 N–H and O–H groups in total. The normalized spacial score (nSPS) is 20.5. The van der Waals surface area contributed by atoms with Crippen molar-refractivity contribution in [3.8, 4) is 0 Å². The van der Waals surface area contributed by atoms with Crippen molar-refractivity contribution in [1.29, 1.82) is 0 Å². The van der Waals surface area contributed by atoms with Gasteiger partial charge in [-0.25, -0.2) is 0 Å². The molecule has 6 nitrogen and oxygen atoms in total. The van der Waals surface area contributed by atoms with E-state index in [4.69, 9.17) is 0 Å². The molecule has 6 heteroatoms. The number of amides is 2. The average Bonchev–Trinajstić information content (AvgIpc) is 2.54. The lowest BCUT2D eigenvalue weighted by atomic mass is 9.94. The van der Waals surface area contributed by atoms with Gasteiger partial charge in [-0.05, 0) is 14.1 Å². The monoisotopic (exact) mass is 368 g/mol. The summed E-state index contributed by atoms with van der Waals surface area (Å²) in [5.74, 6) is 0.557. The van der Waals surface area contributed by atoms with Gasteiger partial charge in [0.15, 0.2) is 0 Å². The summed E-state index contributed by atoms with van der Waals surface area (Å²) in [5, 5.41) is 0. The molecule has 2 aliphatic heterocycles. The quantitative estimate of drug-likeness (QED) is 0.652. The van der Waals surface area contributed by atoms with Crippen LogP contribution in [0.25, 0.3) is 0 Å². The SMILES string of the molecule is CN1CCN(C(=O)C(C)(C)C)CC1.CN1CCN(C(=O)C(C)(C)C)CC1. The Morgan fingerprint density at radius 3 is 0.962 bits per heavy atom. The maximum Gasteiger partial charge on any atom is 0.228 e. The van der Waals surface area contributed by atoms with Gasteiger partial charge in [0, 0.05) is 63.2 Å². The minimum absolute atomic E-state index is 0.226. The van der Waals surface area contributed by atoms with Crippen molar-refractivity contribution < 1.29 is 9.59 Å². The molecule has 2 amide bonds.